The Morgan fingerprint density at radius 1 is 1.50 bits per heavy atom. The molecule has 2 rings (SSSR count). The third-order valence-electron chi connectivity index (χ3n) is 3.55. The van der Waals surface area contributed by atoms with Gasteiger partial charge in [-0.05, 0) is 50.4 Å². The Balaban J connectivity index is 1.98. The van der Waals surface area contributed by atoms with Crippen molar-refractivity contribution in [2.75, 3.05) is 26.7 Å². The van der Waals surface area contributed by atoms with Crippen molar-refractivity contribution in [3.8, 4) is 0 Å². The lowest BCUT2D eigenvalue weighted by Crippen LogP contribution is -2.37. The summed E-state index contributed by atoms with van der Waals surface area (Å²) in [6.45, 7) is 4.89. The lowest BCUT2D eigenvalue weighted by molar-refractivity contribution is 0.0756. The van der Waals surface area contributed by atoms with E-state index in [-0.39, 0.29) is 5.91 Å². The predicted molar refractivity (Wildman–Crippen MR) is 71.5 cm³/mol. The zero-order valence-electron chi connectivity index (χ0n) is 11.1. The quantitative estimate of drug-likeness (QED) is 0.879. The number of nitrogens with zero attached hydrogens (tertiary/aromatic N) is 2. The molecule has 0 aliphatic carbocycles. The second-order valence-corrected chi connectivity index (χ2v) is 5.05. The Kier molecular flexibility index (Phi) is 4.31. The van der Waals surface area contributed by atoms with Crippen LogP contribution in [0.15, 0.2) is 18.3 Å². The highest BCUT2D eigenvalue weighted by Crippen LogP contribution is 2.14. The second kappa shape index (κ2) is 5.96. The molecule has 0 atom stereocenters. The van der Waals surface area contributed by atoms with Crippen molar-refractivity contribution < 1.29 is 4.79 Å². The number of carbonyl (C=O) groups excluding carboxylic acids is 1. The van der Waals surface area contributed by atoms with Crippen molar-refractivity contribution in [2.45, 2.75) is 19.8 Å². The summed E-state index contributed by atoms with van der Waals surface area (Å²) >= 11 is 0. The first-order valence-electron chi connectivity index (χ1n) is 6.56. The van der Waals surface area contributed by atoms with Gasteiger partial charge >= 0.3 is 0 Å². The molecule has 1 fully saturated rings. The molecule has 1 saturated heterocycles. The van der Waals surface area contributed by atoms with E-state index in [0.717, 1.165) is 38.0 Å². The molecular formula is C14H21N3O. The summed E-state index contributed by atoms with van der Waals surface area (Å²) in [5, 5.41) is 3.34. The van der Waals surface area contributed by atoms with Crippen molar-refractivity contribution >= 4 is 5.91 Å². The molecule has 1 aliphatic heterocycles. The molecule has 0 radical (unpaired) electrons. The minimum atomic E-state index is 0.0339. The number of piperidine rings is 1. The number of hydrogen-bond donors (Lipinski definition) is 1. The third kappa shape index (κ3) is 3.07. The molecule has 0 unspecified atom stereocenters. The molecule has 4 nitrogen and oxygen atoms in total. The van der Waals surface area contributed by atoms with Crippen LogP contribution >= 0.6 is 0 Å². The van der Waals surface area contributed by atoms with Crippen molar-refractivity contribution in [3.05, 3.63) is 29.6 Å². The van der Waals surface area contributed by atoms with E-state index in [0.29, 0.717) is 11.6 Å². The zero-order valence-corrected chi connectivity index (χ0v) is 11.1. The van der Waals surface area contributed by atoms with Crippen LogP contribution < -0.4 is 5.32 Å². The van der Waals surface area contributed by atoms with E-state index in [4.69, 9.17) is 0 Å². The van der Waals surface area contributed by atoms with E-state index in [1.165, 1.54) is 0 Å². The van der Waals surface area contributed by atoms with Gasteiger partial charge in [-0.25, -0.2) is 0 Å². The average molecular weight is 247 g/mol. The van der Waals surface area contributed by atoms with Gasteiger partial charge in [0.05, 0.1) is 0 Å². The summed E-state index contributed by atoms with van der Waals surface area (Å²) in [4.78, 5) is 18.3. The first kappa shape index (κ1) is 13.0. The van der Waals surface area contributed by atoms with Crippen LogP contribution in [0, 0.1) is 12.8 Å². The normalized spacial score (nSPS) is 16.6. The van der Waals surface area contributed by atoms with Gasteiger partial charge in [0, 0.05) is 19.8 Å². The molecule has 1 aromatic rings. The Bertz CT molecular complexity index is 413. The smallest absolute Gasteiger partial charge is 0.272 e. The molecule has 1 amide bonds. The van der Waals surface area contributed by atoms with E-state index < -0.39 is 0 Å². The Morgan fingerprint density at radius 3 is 2.89 bits per heavy atom. The van der Waals surface area contributed by atoms with Crippen LogP contribution in [0.25, 0.3) is 0 Å². The van der Waals surface area contributed by atoms with Gasteiger partial charge in [0.15, 0.2) is 0 Å². The SMILES string of the molecule is Cc1cccnc1C(=O)N(C)CC1CCNCC1. The average Bonchev–Trinajstić information content (AvgIpc) is 2.39. The van der Waals surface area contributed by atoms with Gasteiger partial charge in [-0.1, -0.05) is 6.07 Å². The largest absolute Gasteiger partial charge is 0.340 e. The van der Waals surface area contributed by atoms with Gasteiger partial charge in [0.25, 0.3) is 5.91 Å². The number of amides is 1. The first-order chi connectivity index (χ1) is 8.68. The first-order valence-corrected chi connectivity index (χ1v) is 6.56. The molecule has 98 valence electrons. The van der Waals surface area contributed by atoms with Crippen LogP contribution in [0.3, 0.4) is 0 Å². The molecule has 0 aromatic carbocycles. The van der Waals surface area contributed by atoms with Crippen molar-refractivity contribution in [2.24, 2.45) is 5.92 Å². The van der Waals surface area contributed by atoms with Gasteiger partial charge in [-0.3, -0.25) is 9.78 Å². The lowest BCUT2D eigenvalue weighted by Gasteiger charge is -2.27. The predicted octanol–water partition coefficient (Wildman–Crippen LogP) is 1.46. The zero-order chi connectivity index (χ0) is 13.0. The summed E-state index contributed by atoms with van der Waals surface area (Å²) in [6, 6.07) is 3.79. The highest BCUT2D eigenvalue weighted by atomic mass is 16.2. The Labute approximate surface area is 108 Å². The molecule has 4 heteroatoms. The number of hydrogen-bond acceptors (Lipinski definition) is 3. The highest BCUT2D eigenvalue weighted by Gasteiger charge is 2.20. The summed E-state index contributed by atoms with van der Waals surface area (Å²) in [7, 11) is 1.87. The topological polar surface area (TPSA) is 45.2 Å². The maximum absolute atomic E-state index is 12.3. The molecule has 1 N–H and O–H groups in total. The number of pyridine rings is 1. The maximum atomic E-state index is 12.3. The van der Waals surface area contributed by atoms with Crippen LogP contribution in [-0.4, -0.2) is 42.5 Å². The standard InChI is InChI=1S/C14H21N3O/c1-11-4-3-7-16-13(11)14(18)17(2)10-12-5-8-15-9-6-12/h3-4,7,12,15H,5-6,8-10H2,1-2H3. The molecule has 2 heterocycles. The minimum absolute atomic E-state index is 0.0339. The van der Waals surface area contributed by atoms with E-state index in [9.17, 15) is 4.79 Å². The Morgan fingerprint density at radius 2 is 2.22 bits per heavy atom. The maximum Gasteiger partial charge on any atom is 0.272 e. The summed E-state index contributed by atoms with van der Waals surface area (Å²) in [5.41, 5.74) is 1.52. The molecule has 0 bridgehead atoms. The fourth-order valence-corrected chi connectivity index (χ4v) is 2.42. The third-order valence-corrected chi connectivity index (χ3v) is 3.55. The van der Waals surface area contributed by atoms with Gasteiger partial charge in [0.1, 0.15) is 5.69 Å². The van der Waals surface area contributed by atoms with Crippen molar-refractivity contribution in [1.29, 1.82) is 0 Å². The number of aromatic nitrogens is 1. The van der Waals surface area contributed by atoms with E-state index in [2.05, 4.69) is 10.3 Å². The van der Waals surface area contributed by atoms with Crippen molar-refractivity contribution in [1.82, 2.24) is 15.2 Å². The molecule has 0 spiro atoms. The molecular weight excluding hydrogens is 226 g/mol. The highest BCUT2D eigenvalue weighted by molar-refractivity contribution is 5.93. The summed E-state index contributed by atoms with van der Waals surface area (Å²) in [5.74, 6) is 0.649. The number of carbonyl (C=O) groups is 1. The Hall–Kier alpha value is -1.42. The number of nitrogens with one attached hydrogen (secondary N) is 1. The minimum Gasteiger partial charge on any atom is -0.340 e. The van der Waals surface area contributed by atoms with E-state index in [1.54, 1.807) is 6.20 Å². The van der Waals surface area contributed by atoms with Gasteiger partial charge in [-0.2, -0.15) is 0 Å². The van der Waals surface area contributed by atoms with Crippen LogP contribution in [0.5, 0.6) is 0 Å². The van der Waals surface area contributed by atoms with Gasteiger partial charge in [-0.15, -0.1) is 0 Å². The van der Waals surface area contributed by atoms with E-state index >= 15 is 0 Å². The molecule has 0 saturated carbocycles. The second-order valence-electron chi connectivity index (χ2n) is 5.05. The van der Waals surface area contributed by atoms with Crippen molar-refractivity contribution in [3.63, 3.8) is 0 Å². The summed E-state index contributed by atoms with van der Waals surface area (Å²) < 4.78 is 0. The van der Waals surface area contributed by atoms with E-state index in [1.807, 2.05) is 31.0 Å². The van der Waals surface area contributed by atoms with Gasteiger partial charge in [0.2, 0.25) is 0 Å². The van der Waals surface area contributed by atoms with Gasteiger partial charge < -0.3 is 10.2 Å². The summed E-state index contributed by atoms with van der Waals surface area (Å²) in [6.07, 6.45) is 3.98. The molecule has 1 aromatic heterocycles. The van der Waals surface area contributed by atoms with Crippen LogP contribution in [-0.2, 0) is 0 Å². The van der Waals surface area contributed by atoms with Crippen LogP contribution in [0.1, 0.15) is 28.9 Å². The fourth-order valence-electron chi connectivity index (χ4n) is 2.42. The number of aryl methyl sites for hydroxylation is 1. The monoisotopic (exact) mass is 247 g/mol. The number of rotatable bonds is 3. The fraction of sp³-hybridized carbons (Fsp3) is 0.571. The molecule has 1 aliphatic rings. The lowest BCUT2D eigenvalue weighted by atomic mass is 9.97. The molecule has 18 heavy (non-hydrogen) atoms. The van der Waals surface area contributed by atoms with Crippen LogP contribution in [0.2, 0.25) is 0 Å². The van der Waals surface area contributed by atoms with Crippen LogP contribution in [0.4, 0.5) is 0 Å².